The molecule has 3 heterocycles. The van der Waals surface area contributed by atoms with Gasteiger partial charge in [0, 0.05) is 52.0 Å². The number of halogens is 1. The summed E-state index contributed by atoms with van der Waals surface area (Å²) in [7, 11) is 0. The molecule has 3 aromatic rings. The molecule has 2 aromatic carbocycles. The molecule has 0 radical (unpaired) electrons. The van der Waals surface area contributed by atoms with Crippen LogP contribution in [-0.2, 0) is 9.59 Å². The van der Waals surface area contributed by atoms with Gasteiger partial charge in [-0.05, 0) is 74.9 Å². The van der Waals surface area contributed by atoms with Crippen molar-refractivity contribution in [1.29, 1.82) is 0 Å². The summed E-state index contributed by atoms with van der Waals surface area (Å²) in [5.41, 5.74) is 5.52. The minimum Gasteiger partial charge on any atom is -0.341 e. The van der Waals surface area contributed by atoms with Crippen LogP contribution >= 0.6 is 15.9 Å². The van der Waals surface area contributed by atoms with Crippen LogP contribution in [0.2, 0.25) is 0 Å². The summed E-state index contributed by atoms with van der Waals surface area (Å²) in [4.78, 5) is 40.0. The summed E-state index contributed by atoms with van der Waals surface area (Å²) in [6, 6.07) is 14.7. The first kappa shape index (κ1) is 24.0. The highest BCUT2D eigenvalue weighted by molar-refractivity contribution is 9.10. The van der Waals surface area contributed by atoms with Crippen molar-refractivity contribution in [3.05, 3.63) is 63.6 Å². The van der Waals surface area contributed by atoms with Gasteiger partial charge in [-0.15, -0.1) is 0 Å². The highest BCUT2D eigenvalue weighted by atomic mass is 79.9. The van der Waals surface area contributed by atoms with Gasteiger partial charge in [-0.3, -0.25) is 19.5 Å². The van der Waals surface area contributed by atoms with E-state index in [-0.39, 0.29) is 17.2 Å². The number of carbonyl (C=O) groups is 2. The molecule has 1 saturated heterocycles. The molecule has 1 aromatic heterocycles. The van der Waals surface area contributed by atoms with Crippen LogP contribution in [0.4, 0.5) is 0 Å². The minimum absolute atomic E-state index is 0.132. The fourth-order valence-electron chi connectivity index (χ4n) is 5.97. The van der Waals surface area contributed by atoms with E-state index in [2.05, 4.69) is 67.0 Å². The van der Waals surface area contributed by atoms with Gasteiger partial charge in [-0.1, -0.05) is 41.1 Å². The van der Waals surface area contributed by atoms with E-state index in [9.17, 15) is 9.59 Å². The van der Waals surface area contributed by atoms with Crippen molar-refractivity contribution in [3.8, 4) is 11.3 Å². The van der Waals surface area contributed by atoms with E-state index < -0.39 is 5.54 Å². The quantitative estimate of drug-likeness (QED) is 0.397. The molecule has 7 heteroatoms. The van der Waals surface area contributed by atoms with Crippen molar-refractivity contribution in [2.45, 2.75) is 52.0 Å². The maximum Gasteiger partial charge on any atom is 0.256 e. The zero-order chi connectivity index (χ0) is 26.4. The number of hydrogen-bond acceptors (Lipinski definition) is 4. The van der Waals surface area contributed by atoms with Crippen molar-refractivity contribution >= 4 is 44.5 Å². The van der Waals surface area contributed by atoms with Gasteiger partial charge in [0.15, 0.2) is 0 Å². The second-order valence-electron chi connectivity index (χ2n) is 12.0. The molecule has 6 nitrogen and oxygen atoms in total. The Kier molecular flexibility index (Phi) is 5.19. The summed E-state index contributed by atoms with van der Waals surface area (Å²) in [5.74, 6) is 1.51. The minimum atomic E-state index is -0.551. The van der Waals surface area contributed by atoms with E-state index in [4.69, 9.17) is 9.98 Å². The van der Waals surface area contributed by atoms with E-state index in [0.29, 0.717) is 12.5 Å². The van der Waals surface area contributed by atoms with Gasteiger partial charge in [0.05, 0.1) is 11.2 Å². The van der Waals surface area contributed by atoms with Crippen molar-refractivity contribution in [1.82, 2.24) is 14.8 Å². The molecule has 2 saturated carbocycles. The van der Waals surface area contributed by atoms with Gasteiger partial charge < -0.3 is 4.90 Å². The predicted octanol–water partition coefficient (Wildman–Crippen LogP) is 5.66. The number of amidine groups is 1. The SMILES string of the molecule is Cc1cc(-c2nc3cc(Br)ccc3cc2C)ccc1C1=NC2(CC2)C(=O)N1CC1CN(C(=O)C2(C)CC2)C1. The number of pyridine rings is 1. The van der Waals surface area contributed by atoms with Crippen molar-refractivity contribution in [2.24, 2.45) is 16.3 Å². The first-order chi connectivity index (χ1) is 18.2. The van der Waals surface area contributed by atoms with Crippen LogP contribution in [0.25, 0.3) is 22.2 Å². The van der Waals surface area contributed by atoms with Crippen LogP contribution in [-0.4, -0.2) is 57.6 Å². The lowest BCUT2D eigenvalue weighted by molar-refractivity contribution is -0.143. The molecule has 2 amide bonds. The monoisotopic (exact) mass is 570 g/mol. The molecule has 2 aliphatic carbocycles. The first-order valence-corrected chi connectivity index (χ1v) is 14.3. The predicted molar refractivity (Wildman–Crippen MR) is 152 cm³/mol. The van der Waals surface area contributed by atoms with Gasteiger partial charge in [0.2, 0.25) is 5.91 Å². The summed E-state index contributed by atoms with van der Waals surface area (Å²) >= 11 is 3.56. The maximum absolute atomic E-state index is 13.4. The van der Waals surface area contributed by atoms with Crippen LogP contribution < -0.4 is 0 Å². The first-order valence-electron chi connectivity index (χ1n) is 13.6. The average Bonchev–Trinajstić information content (AvgIpc) is 3.78. The number of rotatable bonds is 5. The van der Waals surface area contributed by atoms with Crippen LogP contribution in [0.15, 0.2) is 51.9 Å². The molecule has 1 spiro atoms. The highest BCUT2D eigenvalue weighted by Crippen LogP contribution is 2.48. The third kappa shape index (κ3) is 3.81. The number of nitrogens with zero attached hydrogens (tertiary/aromatic N) is 4. The number of aliphatic imine (C=N–C) groups is 1. The lowest BCUT2D eigenvalue weighted by atomic mass is 9.95. The van der Waals surface area contributed by atoms with E-state index in [0.717, 1.165) is 87.9 Å². The highest BCUT2D eigenvalue weighted by Gasteiger charge is 2.58. The van der Waals surface area contributed by atoms with Crippen molar-refractivity contribution in [2.75, 3.05) is 19.6 Å². The second-order valence-corrected chi connectivity index (χ2v) is 13.0. The number of aryl methyl sites for hydroxylation is 2. The van der Waals surface area contributed by atoms with Gasteiger partial charge in [-0.25, -0.2) is 4.98 Å². The van der Waals surface area contributed by atoms with Crippen LogP contribution in [0.1, 0.15) is 49.3 Å². The third-order valence-corrected chi connectivity index (χ3v) is 9.35. The van der Waals surface area contributed by atoms with Gasteiger partial charge in [0.1, 0.15) is 11.4 Å². The standard InChI is InChI=1S/C31H31BrN4O2/c1-18-12-22(26-19(2)13-21-4-6-23(32)14-25(21)33-26)5-7-24(18)27-34-31(10-11-31)29(38)36(27)17-20-15-35(16-20)28(37)30(3)8-9-30/h4-7,12-14,20H,8-11,15-17H2,1-3H3. The lowest BCUT2D eigenvalue weighted by Crippen LogP contribution is -2.56. The summed E-state index contributed by atoms with van der Waals surface area (Å²) in [5, 5.41) is 1.12. The Bertz CT molecular complexity index is 1560. The van der Waals surface area contributed by atoms with E-state index >= 15 is 0 Å². The smallest absolute Gasteiger partial charge is 0.256 e. The van der Waals surface area contributed by atoms with Gasteiger partial charge >= 0.3 is 0 Å². The molecular formula is C31H31BrN4O2. The lowest BCUT2D eigenvalue weighted by Gasteiger charge is -2.42. The van der Waals surface area contributed by atoms with Crippen molar-refractivity contribution in [3.63, 3.8) is 0 Å². The Balaban J connectivity index is 1.15. The van der Waals surface area contributed by atoms with Gasteiger partial charge in [0.25, 0.3) is 5.91 Å². The number of likely N-dealkylation sites (tertiary alicyclic amines) is 1. The zero-order valence-electron chi connectivity index (χ0n) is 22.1. The van der Waals surface area contributed by atoms with Crippen molar-refractivity contribution < 1.29 is 9.59 Å². The fraction of sp³-hybridized carbons (Fsp3) is 0.419. The average molecular weight is 572 g/mol. The molecule has 0 unspecified atom stereocenters. The molecule has 0 atom stereocenters. The molecule has 3 fully saturated rings. The van der Waals surface area contributed by atoms with Crippen LogP contribution in [0, 0.1) is 25.2 Å². The Hall–Kier alpha value is -3.06. The Morgan fingerprint density at radius 2 is 1.79 bits per heavy atom. The normalized spacial score (nSPS) is 21.2. The topological polar surface area (TPSA) is 65.9 Å². The van der Waals surface area contributed by atoms with Gasteiger partial charge in [-0.2, -0.15) is 0 Å². The summed E-state index contributed by atoms with van der Waals surface area (Å²) < 4.78 is 1.01. The zero-order valence-corrected chi connectivity index (χ0v) is 23.6. The second kappa shape index (κ2) is 8.22. The largest absolute Gasteiger partial charge is 0.341 e. The third-order valence-electron chi connectivity index (χ3n) is 8.85. The molecule has 7 rings (SSSR count). The van der Waals surface area contributed by atoms with E-state index in [1.54, 1.807) is 0 Å². The maximum atomic E-state index is 13.4. The summed E-state index contributed by atoms with van der Waals surface area (Å²) in [6.07, 6.45) is 3.65. The Morgan fingerprint density at radius 3 is 2.47 bits per heavy atom. The molecule has 4 aliphatic rings. The van der Waals surface area contributed by atoms with E-state index in [1.807, 2.05) is 21.9 Å². The van der Waals surface area contributed by atoms with Crippen LogP contribution in [0.3, 0.4) is 0 Å². The number of fused-ring (bicyclic) bond motifs is 1. The summed E-state index contributed by atoms with van der Waals surface area (Å²) in [6.45, 7) is 8.35. The molecule has 2 aliphatic heterocycles. The Morgan fingerprint density at radius 1 is 1.03 bits per heavy atom. The van der Waals surface area contributed by atoms with Crippen LogP contribution in [0.5, 0.6) is 0 Å². The number of hydrogen-bond donors (Lipinski definition) is 0. The number of amides is 2. The molecule has 194 valence electrons. The van der Waals surface area contributed by atoms with E-state index in [1.165, 1.54) is 0 Å². The number of carbonyl (C=O) groups excluding carboxylic acids is 2. The molecule has 0 bridgehead atoms. The molecular weight excluding hydrogens is 540 g/mol. The molecule has 38 heavy (non-hydrogen) atoms. The Labute approximate surface area is 231 Å². The number of aromatic nitrogens is 1. The fourth-order valence-corrected chi connectivity index (χ4v) is 6.32. The molecule has 0 N–H and O–H groups in total. The number of benzene rings is 2.